The highest BCUT2D eigenvalue weighted by Crippen LogP contribution is 2.50. The molecule has 0 N–H and O–H groups in total. The van der Waals surface area contributed by atoms with Crippen molar-refractivity contribution in [1.82, 2.24) is 14.6 Å². The summed E-state index contributed by atoms with van der Waals surface area (Å²) in [6.07, 6.45) is -0.990. The maximum Gasteiger partial charge on any atom is 0.514 e. The van der Waals surface area contributed by atoms with Gasteiger partial charge < -0.3 is 19.1 Å². The van der Waals surface area contributed by atoms with E-state index in [1.807, 2.05) is 24.3 Å². The van der Waals surface area contributed by atoms with E-state index in [9.17, 15) is 18.8 Å². The zero-order valence-corrected chi connectivity index (χ0v) is 23.8. The molecule has 4 heterocycles. The van der Waals surface area contributed by atoms with Crippen LogP contribution < -0.4 is 15.2 Å². The molecule has 7 rings (SSSR count). The first-order valence-corrected chi connectivity index (χ1v) is 14.5. The molecule has 2 aliphatic heterocycles. The highest BCUT2D eigenvalue weighted by Gasteiger charge is 2.47. The van der Waals surface area contributed by atoms with Crippen molar-refractivity contribution in [2.75, 3.05) is 24.8 Å². The second-order valence-corrected chi connectivity index (χ2v) is 11.4. The van der Waals surface area contributed by atoms with Crippen LogP contribution in [0.15, 0.2) is 59.0 Å². The minimum atomic E-state index is -1.14. The second kappa shape index (κ2) is 10.3. The van der Waals surface area contributed by atoms with Gasteiger partial charge in [-0.1, -0.05) is 30.3 Å². The fourth-order valence-electron chi connectivity index (χ4n) is 5.96. The average molecular weight is 607 g/mol. The van der Waals surface area contributed by atoms with Crippen molar-refractivity contribution in [1.29, 1.82) is 0 Å². The van der Waals surface area contributed by atoms with Crippen LogP contribution >= 0.6 is 11.3 Å². The van der Waals surface area contributed by atoms with E-state index in [2.05, 4.69) is 4.98 Å². The topological polar surface area (TPSA) is 103 Å². The Hall–Kier alpha value is -4.62. The van der Waals surface area contributed by atoms with Gasteiger partial charge in [0.05, 0.1) is 41.4 Å². The molecule has 1 fully saturated rings. The second-order valence-electron chi connectivity index (χ2n) is 10.5. The van der Waals surface area contributed by atoms with Gasteiger partial charge in [-0.2, -0.15) is 0 Å². The molecule has 10 nitrogen and oxygen atoms in total. The van der Waals surface area contributed by atoms with Gasteiger partial charge in [-0.05, 0) is 36.6 Å². The quantitative estimate of drug-likeness (QED) is 0.310. The Morgan fingerprint density at radius 1 is 1.12 bits per heavy atom. The molecule has 4 aromatic rings. The lowest BCUT2D eigenvalue weighted by molar-refractivity contribution is -0.0197. The lowest BCUT2D eigenvalue weighted by Gasteiger charge is -2.51. The van der Waals surface area contributed by atoms with Crippen molar-refractivity contribution in [2.45, 2.75) is 32.2 Å². The van der Waals surface area contributed by atoms with E-state index in [1.165, 1.54) is 39.2 Å². The largest absolute Gasteiger partial charge is 0.514 e. The van der Waals surface area contributed by atoms with E-state index in [1.54, 1.807) is 24.4 Å². The van der Waals surface area contributed by atoms with Gasteiger partial charge in [-0.15, -0.1) is 11.3 Å². The Balaban J connectivity index is 1.52. The number of nitrogens with zero attached hydrogens (tertiary/aromatic N) is 4. The molecule has 0 saturated carbocycles. The number of carbonyl (C=O) groups is 2. The minimum Gasteiger partial charge on any atom is -0.431 e. The number of hydrogen-bond acceptors (Lipinski definition) is 9. The molecule has 220 valence electrons. The van der Waals surface area contributed by atoms with Gasteiger partial charge in [0.25, 0.3) is 5.91 Å². The predicted octanol–water partition coefficient (Wildman–Crippen LogP) is 4.69. The number of halogens is 2. The van der Waals surface area contributed by atoms with Crippen LogP contribution in [0.3, 0.4) is 0 Å². The SMILES string of the molecule is CC(C)OC(=O)Oc1c2n(ccc1=O)N(C1c3ccccc3-c3scnc3-c3c1ccc(F)c3F)C1COCCN1C2=O. The lowest BCUT2D eigenvalue weighted by Crippen LogP contribution is -2.66. The number of fused-ring (bicyclic) bond motifs is 7. The summed E-state index contributed by atoms with van der Waals surface area (Å²) in [6, 6.07) is 10.4. The van der Waals surface area contributed by atoms with E-state index in [4.69, 9.17) is 14.2 Å². The van der Waals surface area contributed by atoms with Crippen molar-refractivity contribution < 1.29 is 32.6 Å². The van der Waals surface area contributed by atoms with Gasteiger partial charge in [0.15, 0.2) is 17.3 Å². The summed E-state index contributed by atoms with van der Waals surface area (Å²) in [5, 5.41) is 1.78. The molecule has 0 spiro atoms. The number of morpholine rings is 1. The Bertz CT molecular complexity index is 1860. The Morgan fingerprint density at radius 3 is 2.74 bits per heavy atom. The summed E-state index contributed by atoms with van der Waals surface area (Å²) in [7, 11) is 0. The van der Waals surface area contributed by atoms with E-state index in [0.29, 0.717) is 16.1 Å². The van der Waals surface area contributed by atoms with Crippen molar-refractivity contribution in [3.05, 3.63) is 92.9 Å². The molecule has 2 aromatic carbocycles. The first kappa shape index (κ1) is 27.2. The molecule has 1 amide bonds. The molecule has 13 heteroatoms. The Kier molecular flexibility index (Phi) is 6.51. The molecule has 0 radical (unpaired) electrons. The summed E-state index contributed by atoms with van der Waals surface area (Å²) < 4.78 is 48.3. The molecular weight excluding hydrogens is 582 g/mol. The average Bonchev–Trinajstić information content (AvgIpc) is 3.43. The third kappa shape index (κ3) is 4.21. The third-order valence-corrected chi connectivity index (χ3v) is 8.52. The van der Waals surface area contributed by atoms with Gasteiger partial charge in [0.1, 0.15) is 6.17 Å². The van der Waals surface area contributed by atoms with Crippen molar-refractivity contribution in [3.8, 4) is 27.4 Å². The van der Waals surface area contributed by atoms with E-state index in [-0.39, 0.29) is 31.0 Å². The zero-order valence-electron chi connectivity index (χ0n) is 23.0. The highest BCUT2D eigenvalue weighted by molar-refractivity contribution is 7.13. The number of thiazole rings is 1. The van der Waals surface area contributed by atoms with Gasteiger partial charge in [0, 0.05) is 24.4 Å². The number of ether oxygens (including phenoxy) is 3. The molecule has 2 unspecified atom stereocenters. The molecule has 2 aromatic heterocycles. The number of aromatic nitrogens is 2. The van der Waals surface area contributed by atoms with Gasteiger partial charge >= 0.3 is 6.16 Å². The van der Waals surface area contributed by atoms with Crippen LogP contribution in [0.2, 0.25) is 0 Å². The molecule has 1 saturated heterocycles. The van der Waals surface area contributed by atoms with Crippen LogP contribution in [0.25, 0.3) is 21.7 Å². The van der Waals surface area contributed by atoms with Crippen LogP contribution in [-0.2, 0) is 9.47 Å². The first-order valence-electron chi connectivity index (χ1n) is 13.6. The normalized spacial score (nSPS) is 18.7. The summed E-state index contributed by atoms with van der Waals surface area (Å²) >= 11 is 1.31. The summed E-state index contributed by atoms with van der Waals surface area (Å²) in [6.45, 7) is 3.73. The van der Waals surface area contributed by atoms with Crippen LogP contribution in [-0.4, -0.2) is 58.7 Å². The minimum absolute atomic E-state index is 0.00259. The van der Waals surface area contributed by atoms with Crippen molar-refractivity contribution in [3.63, 3.8) is 0 Å². The zero-order chi connectivity index (χ0) is 30.0. The fraction of sp³-hybridized carbons (Fsp3) is 0.267. The number of benzene rings is 2. The summed E-state index contributed by atoms with van der Waals surface area (Å²) in [5.41, 5.74) is 2.85. The number of amides is 1. The molecule has 3 aliphatic rings. The summed E-state index contributed by atoms with van der Waals surface area (Å²) in [5.74, 6) is -3.13. The monoisotopic (exact) mass is 606 g/mol. The van der Waals surface area contributed by atoms with Crippen LogP contribution in [0.4, 0.5) is 13.6 Å². The van der Waals surface area contributed by atoms with Crippen molar-refractivity contribution in [2.24, 2.45) is 0 Å². The molecule has 0 bridgehead atoms. The number of pyridine rings is 1. The maximum absolute atomic E-state index is 15.8. The van der Waals surface area contributed by atoms with E-state index < -0.39 is 53.2 Å². The lowest BCUT2D eigenvalue weighted by atomic mass is 9.92. The summed E-state index contributed by atoms with van der Waals surface area (Å²) in [4.78, 5) is 46.2. The van der Waals surface area contributed by atoms with Gasteiger partial charge in [0.2, 0.25) is 11.2 Å². The first-order chi connectivity index (χ1) is 20.8. The van der Waals surface area contributed by atoms with Crippen molar-refractivity contribution >= 4 is 23.4 Å². The molecule has 43 heavy (non-hydrogen) atoms. The van der Waals surface area contributed by atoms with Gasteiger partial charge in [-0.3, -0.25) is 19.3 Å². The molecule has 1 aliphatic carbocycles. The molecular formula is C30H24F2N4O6S. The maximum atomic E-state index is 15.8. The predicted molar refractivity (Wildman–Crippen MR) is 152 cm³/mol. The van der Waals surface area contributed by atoms with Gasteiger partial charge in [-0.25, -0.2) is 18.6 Å². The number of rotatable bonds is 3. The third-order valence-electron chi connectivity index (χ3n) is 7.66. The Labute approximate surface area is 247 Å². The standard InChI is InChI=1S/C30H24F2N4O6S/c1-15(2)41-30(39)42-27-20(37)9-10-35-26(27)29(38)34-11-12-40-13-21(34)36(35)25-16-5-3-4-6-17(16)28-24(33-14-43-28)22-18(25)7-8-19(31)23(22)32/h3-10,14-15,21,25H,11-13H2,1-2H3. The Morgan fingerprint density at radius 2 is 1.93 bits per heavy atom. The number of carbonyl (C=O) groups excluding carboxylic acids is 2. The molecule has 2 atom stereocenters. The van der Waals surface area contributed by atoms with Crippen LogP contribution in [0.1, 0.15) is 41.5 Å². The fourth-order valence-corrected chi connectivity index (χ4v) is 6.81. The van der Waals surface area contributed by atoms with E-state index >= 15 is 4.39 Å². The number of hydrogen-bond donors (Lipinski definition) is 0. The highest BCUT2D eigenvalue weighted by atomic mass is 32.1. The van der Waals surface area contributed by atoms with E-state index in [0.717, 1.165) is 17.2 Å². The smallest absolute Gasteiger partial charge is 0.431 e. The van der Waals surface area contributed by atoms with Crippen LogP contribution in [0, 0.1) is 11.6 Å². The van der Waals surface area contributed by atoms with Crippen LogP contribution in [0.5, 0.6) is 5.75 Å².